The lowest BCUT2D eigenvalue weighted by molar-refractivity contribution is -0.799. The van der Waals surface area contributed by atoms with Crippen LogP contribution >= 0.6 is 0 Å². The molecule has 0 aliphatic carbocycles. The monoisotopic (exact) mass is 389 g/mol. The van der Waals surface area contributed by atoms with Crippen LogP contribution in [0.2, 0.25) is 0 Å². The van der Waals surface area contributed by atoms with Crippen molar-refractivity contribution in [3.63, 3.8) is 0 Å². The van der Waals surface area contributed by atoms with Crippen LogP contribution in [0.5, 0.6) is 0 Å². The van der Waals surface area contributed by atoms with Gasteiger partial charge in [-0.15, -0.1) is 0 Å². The zero-order valence-corrected chi connectivity index (χ0v) is 15.1. The molecule has 4 rings (SSSR count). The quantitative estimate of drug-likeness (QED) is 0.347. The van der Waals surface area contributed by atoms with Crippen LogP contribution < -0.4 is 16.1 Å². The van der Waals surface area contributed by atoms with Gasteiger partial charge in [-0.3, -0.25) is 14.8 Å². The lowest BCUT2D eigenvalue weighted by atomic mass is 10.0. The van der Waals surface area contributed by atoms with E-state index < -0.39 is 11.1 Å². The Morgan fingerprint density at radius 2 is 1.52 bits per heavy atom. The number of anilines is 2. The zero-order valence-electron chi connectivity index (χ0n) is 15.1. The minimum Gasteiger partial charge on any atom is -0.582 e. The average molecular weight is 389 g/mol. The summed E-state index contributed by atoms with van der Waals surface area (Å²) in [4.78, 5) is 21.1. The summed E-state index contributed by atoms with van der Waals surface area (Å²) in [5.41, 5.74) is 8.36. The molecule has 0 amide bonds. The molecule has 0 bridgehead atoms. The van der Waals surface area contributed by atoms with Gasteiger partial charge in [-0.1, -0.05) is 6.07 Å². The van der Waals surface area contributed by atoms with Gasteiger partial charge in [0.15, 0.2) is 5.78 Å². The van der Waals surface area contributed by atoms with Crippen molar-refractivity contribution in [2.24, 2.45) is 0 Å². The number of hydrogen-bond donors (Lipinski definition) is 3. The first-order chi connectivity index (χ1) is 14.1. The number of hydrogen-bond acceptors (Lipinski definition) is 6. The Kier molecular flexibility index (Phi) is 5.10. The molecule has 8 heteroatoms. The largest absolute Gasteiger partial charge is 0.582 e. The van der Waals surface area contributed by atoms with Crippen molar-refractivity contribution in [1.82, 2.24) is 9.97 Å². The molecule has 3 aromatic carbocycles. The van der Waals surface area contributed by atoms with E-state index in [1.807, 2.05) is 0 Å². The highest BCUT2D eigenvalue weighted by atomic mass is 19.1. The van der Waals surface area contributed by atoms with Crippen LogP contribution in [-0.2, 0) is 0 Å². The van der Waals surface area contributed by atoms with Crippen molar-refractivity contribution in [1.29, 1.82) is 0 Å². The maximum Gasteiger partial charge on any atom is 0.193 e. The van der Waals surface area contributed by atoms with E-state index in [9.17, 15) is 14.4 Å². The van der Waals surface area contributed by atoms with Crippen LogP contribution in [0.25, 0.3) is 11.0 Å². The van der Waals surface area contributed by atoms with Crippen molar-refractivity contribution in [3.05, 3.63) is 101 Å². The summed E-state index contributed by atoms with van der Waals surface area (Å²) in [6, 6.07) is 17.3. The van der Waals surface area contributed by atoms with E-state index >= 15 is 0 Å². The molecule has 1 aromatic heterocycles. The molecule has 0 radical (unpaired) electrons. The number of carbonyl (C=O) groups excluding carboxylic acids is 1. The fourth-order valence-electron chi connectivity index (χ4n) is 2.84. The Morgan fingerprint density at radius 3 is 2.28 bits per heavy atom. The van der Waals surface area contributed by atoms with E-state index in [-0.39, 0.29) is 5.78 Å². The third-order valence-electron chi connectivity index (χ3n) is 4.22. The smallest absolute Gasteiger partial charge is 0.193 e. The van der Waals surface area contributed by atoms with Gasteiger partial charge in [-0.25, -0.2) is 15.2 Å². The van der Waals surface area contributed by atoms with Crippen LogP contribution in [0.15, 0.2) is 79.1 Å². The number of carbonyl (C=O) groups is 1. The third kappa shape index (κ3) is 4.34. The molecule has 0 spiro atoms. The molecule has 0 fully saturated rings. The molecule has 29 heavy (non-hydrogen) atoms. The van der Waals surface area contributed by atoms with E-state index in [0.29, 0.717) is 33.5 Å². The van der Waals surface area contributed by atoms with Crippen molar-refractivity contribution in [2.45, 2.75) is 0 Å². The SMILES string of the molecule is O=C(c1ccc(N[NH+]([O-])Nc2cccc(F)c2)cc1)c1ccc2nccnc2c1. The standard InChI is InChI=1S/C21H16FN5O2/c22-16-2-1-3-18(13-16)26-27(29)25-17-7-4-14(5-8-17)21(28)15-6-9-19-20(12-15)24-11-10-23-19/h1-13,25-27H. The summed E-state index contributed by atoms with van der Waals surface area (Å²) in [7, 11) is 0. The molecule has 4 aromatic rings. The van der Waals surface area contributed by atoms with E-state index in [2.05, 4.69) is 20.8 Å². The van der Waals surface area contributed by atoms with Gasteiger partial charge in [0.25, 0.3) is 0 Å². The Hall–Kier alpha value is -3.88. The molecule has 1 unspecified atom stereocenters. The lowest BCUT2D eigenvalue weighted by Crippen LogP contribution is -3.13. The number of fused-ring (bicyclic) bond motifs is 1. The summed E-state index contributed by atoms with van der Waals surface area (Å²) >= 11 is 0. The topological polar surface area (TPSA) is 94.4 Å². The summed E-state index contributed by atoms with van der Waals surface area (Å²) in [6.07, 6.45) is 3.17. The number of aromatic nitrogens is 2. The maximum absolute atomic E-state index is 13.2. The highest BCUT2D eigenvalue weighted by molar-refractivity contribution is 6.10. The summed E-state index contributed by atoms with van der Waals surface area (Å²) in [5.74, 6) is -0.598. The molecular formula is C21H16FN5O2. The van der Waals surface area contributed by atoms with Crippen LogP contribution in [0.4, 0.5) is 15.8 Å². The number of quaternary nitrogens is 1. The molecular weight excluding hydrogens is 373 g/mol. The van der Waals surface area contributed by atoms with Gasteiger partial charge in [0, 0.05) is 29.6 Å². The van der Waals surface area contributed by atoms with Crippen molar-refractivity contribution < 1.29 is 14.5 Å². The van der Waals surface area contributed by atoms with Crippen molar-refractivity contribution >= 4 is 28.2 Å². The Labute approximate surface area is 165 Å². The second kappa shape index (κ2) is 8.01. The van der Waals surface area contributed by atoms with Gasteiger partial charge in [0.05, 0.1) is 22.4 Å². The van der Waals surface area contributed by atoms with Gasteiger partial charge in [-0.05, 0) is 54.6 Å². The minimum atomic E-state index is -0.511. The number of halogens is 1. The molecule has 144 valence electrons. The normalized spacial score (nSPS) is 11.8. The Bertz CT molecular complexity index is 1170. The molecule has 0 aliphatic rings. The molecule has 0 saturated heterocycles. The van der Waals surface area contributed by atoms with Crippen LogP contribution in [0.1, 0.15) is 15.9 Å². The Morgan fingerprint density at radius 1 is 0.828 bits per heavy atom. The van der Waals surface area contributed by atoms with Gasteiger partial charge >= 0.3 is 0 Å². The summed E-state index contributed by atoms with van der Waals surface area (Å²) in [6.45, 7) is 0. The van der Waals surface area contributed by atoms with Gasteiger partial charge in [-0.2, -0.15) is 5.28 Å². The molecule has 1 atom stereocenters. The van der Waals surface area contributed by atoms with Gasteiger partial charge in [0.1, 0.15) is 5.82 Å². The number of ketones is 1. The van der Waals surface area contributed by atoms with E-state index in [1.165, 1.54) is 18.2 Å². The average Bonchev–Trinajstić information content (AvgIpc) is 2.73. The molecule has 0 saturated carbocycles. The summed E-state index contributed by atoms with van der Waals surface area (Å²) < 4.78 is 13.2. The van der Waals surface area contributed by atoms with Crippen LogP contribution in [0.3, 0.4) is 0 Å². The second-order valence-electron chi connectivity index (χ2n) is 6.26. The van der Waals surface area contributed by atoms with Crippen LogP contribution in [0, 0.1) is 11.0 Å². The van der Waals surface area contributed by atoms with E-state index in [1.54, 1.807) is 60.9 Å². The highest BCUT2D eigenvalue weighted by Gasteiger charge is 2.11. The van der Waals surface area contributed by atoms with Crippen molar-refractivity contribution in [3.8, 4) is 0 Å². The predicted octanol–water partition coefficient (Wildman–Crippen LogP) is 2.74. The molecule has 1 heterocycles. The first-order valence-electron chi connectivity index (χ1n) is 8.77. The van der Waals surface area contributed by atoms with Gasteiger partial charge < -0.3 is 5.21 Å². The lowest BCUT2D eigenvalue weighted by Gasteiger charge is -2.23. The molecule has 3 N–H and O–H groups in total. The van der Waals surface area contributed by atoms with E-state index in [4.69, 9.17) is 0 Å². The number of nitrogens with one attached hydrogen (secondary N) is 3. The fraction of sp³-hybridized carbons (Fsp3) is 0. The van der Waals surface area contributed by atoms with E-state index in [0.717, 1.165) is 0 Å². The second-order valence-corrected chi connectivity index (χ2v) is 6.26. The third-order valence-corrected chi connectivity index (χ3v) is 4.22. The minimum absolute atomic E-state index is 0.159. The highest BCUT2D eigenvalue weighted by Crippen LogP contribution is 2.16. The fourth-order valence-corrected chi connectivity index (χ4v) is 2.84. The molecule has 0 aliphatic heterocycles. The number of rotatable bonds is 6. The molecule has 7 nitrogen and oxygen atoms in total. The Balaban J connectivity index is 1.44. The maximum atomic E-state index is 13.2. The number of nitrogens with zero attached hydrogens (tertiary/aromatic N) is 2. The first kappa shape index (κ1) is 18.5. The zero-order chi connectivity index (χ0) is 20.2. The van der Waals surface area contributed by atoms with Gasteiger partial charge in [0.2, 0.25) is 0 Å². The van der Waals surface area contributed by atoms with Crippen molar-refractivity contribution in [2.75, 3.05) is 10.9 Å². The summed E-state index contributed by atoms with van der Waals surface area (Å²) in [5, 5.41) is 11.5. The predicted molar refractivity (Wildman–Crippen MR) is 107 cm³/mol. The first-order valence-corrected chi connectivity index (χ1v) is 8.77. The van der Waals surface area contributed by atoms with Crippen LogP contribution in [-0.4, -0.2) is 15.8 Å². The number of benzene rings is 3.